The Balaban J connectivity index is 2.15. The number of esters is 1. The molecule has 0 aliphatic carbocycles. The Morgan fingerprint density at radius 2 is 1.97 bits per heavy atom. The molecule has 3 heterocycles. The van der Waals surface area contributed by atoms with E-state index in [2.05, 4.69) is 13.2 Å². The van der Waals surface area contributed by atoms with Crippen LogP contribution in [0.2, 0.25) is 0 Å². The quantitative estimate of drug-likeness (QED) is 0.352. The van der Waals surface area contributed by atoms with Crippen LogP contribution in [-0.2, 0) is 19.1 Å². The average Bonchev–Trinajstić information content (AvgIpc) is 3.36. The van der Waals surface area contributed by atoms with E-state index in [4.69, 9.17) is 4.74 Å². The number of carbonyl (C=O) groups is 3. The molecule has 8 heteroatoms. The predicted octanol–water partition coefficient (Wildman–Crippen LogP) is 3.03. The van der Waals surface area contributed by atoms with E-state index in [1.165, 1.54) is 6.08 Å². The first-order valence-corrected chi connectivity index (χ1v) is 13.2. The molecule has 1 N–H and O–H groups in total. The molecule has 7 nitrogen and oxygen atoms in total. The summed E-state index contributed by atoms with van der Waals surface area (Å²) < 4.78 is 4.25. The number of likely N-dealkylation sites (tertiary alicyclic amines) is 1. The van der Waals surface area contributed by atoms with Crippen LogP contribution in [0.15, 0.2) is 25.3 Å². The minimum Gasteiger partial charge on any atom is -0.461 e. The summed E-state index contributed by atoms with van der Waals surface area (Å²) in [6.07, 6.45) is 5.36. The molecule has 2 unspecified atom stereocenters. The molecule has 190 valence electrons. The van der Waals surface area contributed by atoms with Crippen LogP contribution in [0.1, 0.15) is 53.9 Å². The number of thioether (sulfide) groups is 1. The van der Waals surface area contributed by atoms with Crippen LogP contribution in [0, 0.1) is 17.8 Å². The Bertz CT molecular complexity index is 847. The van der Waals surface area contributed by atoms with Crippen molar-refractivity contribution < 1.29 is 24.2 Å². The molecule has 3 rings (SSSR count). The van der Waals surface area contributed by atoms with Gasteiger partial charge in [0, 0.05) is 17.3 Å². The first-order valence-electron chi connectivity index (χ1n) is 12.4. The number of amides is 2. The van der Waals surface area contributed by atoms with Gasteiger partial charge >= 0.3 is 5.97 Å². The van der Waals surface area contributed by atoms with Gasteiger partial charge in [-0.2, -0.15) is 0 Å². The van der Waals surface area contributed by atoms with Gasteiger partial charge in [-0.15, -0.1) is 18.3 Å². The Morgan fingerprint density at radius 1 is 1.29 bits per heavy atom. The van der Waals surface area contributed by atoms with Crippen LogP contribution in [-0.4, -0.2) is 80.1 Å². The van der Waals surface area contributed by atoms with Crippen LogP contribution < -0.4 is 0 Å². The SMILES string of the molecule is C=CCOC(=O)[C@@H]1[C@H]2C(=O)N([C@@H](CO)[C@@H](C)CC)C(C(=O)N(CC=C)C(C)C)C23CC[C@@]1(C)S3. The topological polar surface area (TPSA) is 87.1 Å². The van der Waals surface area contributed by atoms with Gasteiger partial charge in [-0.3, -0.25) is 14.4 Å². The minimum atomic E-state index is -0.748. The Hall–Kier alpha value is -1.80. The minimum absolute atomic E-state index is 0.00432. The largest absolute Gasteiger partial charge is 0.461 e. The van der Waals surface area contributed by atoms with Crippen molar-refractivity contribution in [2.75, 3.05) is 19.8 Å². The maximum Gasteiger partial charge on any atom is 0.311 e. The van der Waals surface area contributed by atoms with Crippen molar-refractivity contribution in [3.05, 3.63) is 25.3 Å². The molecule has 0 aromatic heterocycles. The number of hydrogen-bond donors (Lipinski definition) is 1. The summed E-state index contributed by atoms with van der Waals surface area (Å²) in [7, 11) is 0. The Labute approximate surface area is 208 Å². The molecule has 3 saturated heterocycles. The van der Waals surface area contributed by atoms with E-state index in [0.29, 0.717) is 13.0 Å². The van der Waals surface area contributed by atoms with Crippen molar-refractivity contribution in [2.45, 2.75) is 81.5 Å². The molecule has 3 aliphatic heterocycles. The lowest BCUT2D eigenvalue weighted by atomic mass is 9.66. The van der Waals surface area contributed by atoms with Crippen LogP contribution in [0.5, 0.6) is 0 Å². The zero-order valence-corrected chi connectivity index (χ0v) is 22.0. The number of aliphatic hydroxyl groups excluding tert-OH is 1. The van der Waals surface area contributed by atoms with Gasteiger partial charge in [0.1, 0.15) is 12.6 Å². The van der Waals surface area contributed by atoms with Crippen molar-refractivity contribution in [2.24, 2.45) is 17.8 Å². The van der Waals surface area contributed by atoms with Gasteiger partial charge in [0.05, 0.1) is 29.2 Å². The van der Waals surface area contributed by atoms with Crippen LogP contribution in [0.3, 0.4) is 0 Å². The molecule has 7 atom stereocenters. The van der Waals surface area contributed by atoms with Gasteiger partial charge in [0.2, 0.25) is 11.8 Å². The fourth-order valence-corrected chi connectivity index (χ4v) is 8.58. The Morgan fingerprint density at radius 3 is 2.50 bits per heavy atom. The zero-order valence-electron chi connectivity index (χ0n) is 21.2. The van der Waals surface area contributed by atoms with Crippen molar-refractivity contribution >= 4 is 29.5 Å². The predicted molar refractivity (Wildman–Crippen MR) is 134 cm³/mol. The second-order valence-corrected chi connectivity index (χ2v) is 12.3. The molecule has 34 heavy (non-hydrogen) atoms. The third kappa shape index (κ3) is 4.00. The van der Waals surface area contributed by atoms with Crippen molar-refractivity contribution in [3.63, 3.8) is 0 Å². The van der Waals surface area contributed by atoms with Crippen LogP contribution >= 0.6 is 11.8 Å². The van der Waals surface area contributed by atoms with E-state index in [0.717, 1.165) is 12.8 Å². The number of aliphatic hydroxyl groups is 1. The fraction of sp³-hybridized carbons (Fsp3) is 0.731. The second-order valence-electron chi connectivity index (χ2n) is 10.4. The molecule has 3 fully saturated rings. The fourth-order valence-electron chi connectivity index (χ4n) is 6.25. The highest BCUT2D eigenvalue weighted by Crippen LogP contribution is 2.72. The summed E-state index contributed by atoms with van der Waals surface area (Å²) in [4.78, 5) is 45.0. The highest BCUT2D eigenvalue weighted by molar-refractivity contribution is 8.02. The average molecular weight is 493 g/mol. The zero-order chi connectivity index (χ0) is 25.4. The van der Waals surface area contributed by atoms with E-state index in [9.17, 15) is 19.5 Å². The van der Waals surface area contributed by atoms with E-state index >= 15 is 0 Å². The van der Waals surface area contributed by atoms with Crippen LogP contribution in [0.25, 0.3) is 0 Å². The van der Waals surface area contributed by atoms with Crippen molar-refractivity contribution in [3.8, 4) is 0 Å². The lowest BCUT2D eigenvalue weighted by Crippen LogP contribution is -2.59. The molecule has 0 aromatic carbocycles. The number of ether oxygens (including phenoxy) is 1. The van der Waals surface area contributed by atoms with E-state index in [1.807, 2.05) is 34.6 Å². The summed E-state index contributed by atoms with van der Waals surface area (Å²) in [5.41, 5.74) is 0. The van der Waals surface area contributed by atoms with Gasteiger partial charge < -0.3 is 19.6 Å². The smallest absolute Gasteiger partial charge is 0.311 e. The summed E-state index contributed by atoms with van der Waals surface area (Å²) >= 11 is 1.62. The summed E-state index contributed by atoms with van der Waals surface area (Å²) in [6, 6.07) is -1.33. The van der Waals surface area contributed by atoms with Crippen molar-refractivity contribution in [1.29, 1.82) is 0 Å². The maximum atomic E-state index is 14.2. The molecule has 0 radical (unpaired) electrons. The van der Waals surface area contributed by atoms with E-state index < -0.39 is 39.4 Å². The number of carbonyl (C=O) groups excluding carboxylic acids is 3. The Kier molecular flexibility index (Phi) is 7.92. The van der Waals surface area contributed by atoms with Gasteiger partial charge in [-0.25, -0.2) is 0 Å². The molecule has 2 bridgehead atoms. The summed E-state index contributed by atoms with van der Waals surface area (Å²) in [6.45, 7) is 17.6. The van der Waals surface area contributed by atoms with E-state index in [1.54, 1.807) is 27.6 Å². The number of hydrogen-bond acceptors (Lipinski definition) is 6. The van der Waals surface area contributed by atoms with Gasteiger partial charge in [-0.05, 0) is 39.5 Å². The normalized spacial score (nSPS) is 33.6. The summed E-state index contributed by atoms with van der Waals surface area (Å²) in [5.74, 6) is -2.05. The van der Waals surface area contributed by atoms with Gasteiger partial charge in [-0.1, -0.05) is 39.0 Å². The molecule has 3 aliphatic rings. The molecule has 0 saturated carbocycles. The third-order valence-corrected chi connectivity index (χ3v) is 10.1. The highest BCUT2D eigenvalue weighted by atomic mass is 32.2. The molecule has 2 amide bonds. The third-order valence-electron chi connectivity index (χ3n) is 8.12. The van der Waals surface area contributed by atoms with Crippen molar-refractivity contribution in [1.82, 2.24) is 9.80 Å². The van der Waals surface area contributed by atoms with E-state index in [-0.39, 0.29) is 37.0 Å². The van der Waals surface area contributed by atoms with Crippen LogP contribution in [0.4, 0.5) is 0 Å². The standard InChI is InChI=1S/C26H40N2O5S/c1-8-13-27(16(4)5)23(31)21-26-12-11-25(7,34-26)20(24(32)33-14-9-2)19(26)22(30)28(21)18(15-29)17(6)10-3/h8-9,16-21,29H,1-2,10-15H2,3-7H3/t17-,18-,19-,20-,21?,25+,26?/m0/s1. The number of fused-ring (bicyclic) bond motifs is 1. The lowest BCUT2D eigenvalue weighted by molar-refractivity contribution is -0.155. The molecular formula is C26H40N2O5S. The summed E-state index contributed by atoms with van der Waals surface area (Å²) in [5, 5.41) is 10.4. The first kappa shape index (κ1) is 26.8. The molecule has 1 spiro atoms. The monoisotopic (exact) mass is 492 g/mol. The van der Waals surface area contributed by atoms with Gasteiger partial charge in [0.25, 0.3) is 0 Å². The lowest BCUT2D eigenvalue weighted by Gasteiger charge is -2.42. The first-order chi connectivity index (χ1) is 16.0. The maximum absolute atomic E-state index is 14.2. The molecule has 0 aromatic rings. The number of nitrogens with zero attached hydrogens (tertiary/aromatic N) is 2. The molecular weight excluding hydrogens is 452 g/mol. The highest BCUT2D eigenvalue weighted by Gasteiger charge is 2.78. The van der Waals surface area contributed by atoms with Gasteiger partial charge in [0.15, 0.2) is 0 Å². The number of rotatable bonds is 11. The second kappa shape index (κ2) is 10.1.